The highest BCUT2D eigenvalue weighted by Gasteiger charge is 2.08. The fraction of sp³-hybridized carbons (Fsp3) is 0.667. The van der Waals surface area contributed by atoms with Crippen molar-refractivity contribution in [2.75, 3.05) is 26.7 Å². The molecule has 0 aliphatic rings. The average molecular weight is 187 g/mol. The number of rotatable bonds is 7. The molecule has 0 aliphatic carbocycles. The van der Waals surface area contributed by atoms with Gasteiger partial charge in [0.15, 0.2) is 0 Å². The van der Waals surface area contributed by atoms with Crippen molar-refractivity contribution in [3.05, 3.63) is 12.7 Å². The number of nitrogens with zero attached hydrogens (tertiary/aromatic N) is 1. The van der Waals surface area contributed by atoms with Crippen LogP contribution in [-0.4, -0.2) is 37.5 Å². The van der Waals surface area contributed by atoms with E-state index in [1.165, 1.54) is 11.0 Å². The molecule has 0 spiro atoms. The minimum Gasteiger partial charge on any atom is -0.361 e. The van der Waals surface area contributed by atoms with Gasteiger partial charge in [-0.15, -0.1) is 0 Å². The molecule has 0 aromatic rings. The molecule has 0 saturated carbocycles. The van der Waals surface area contributed by atoms with E-state index >= 15 is 0 Å². The van der Waals surface area contributed by atoms with E-state index in [1.807, 2.05) is 13.8 Å². The average Bonchev–Trinajstić information content (AvgIpc) is 2.17. The van der Waals surface area contributed by atoms with Crippen LogP contribution in [0, 0.1) is 0 Å². The molecule has 76 valence electrons. The number of carbonyl (C=O) groups is 1. The summed E-state index contributed by atoms with van der Waals surface area (Å²) in [5.41, 5.74) is 0. The quantitative estimate of drug-likeness (QED) is 0.440. The third kappa shape index (κ3) is 5.38. The van der Waals surface area contributed by atoms with Gasteiger partial charge >= 0.3 is 0 Å². The van der Waals surface area contributed by atoms with E-state index in [0.29, 0.717) is 13.2 Å². The third-order valence-electron chi connectivity index (χ3n) is 1.39. The number of amides is 1. The van der Waals surface area contributed by atoms with Gasteiger partial charge in [-0.1, -0.05) is 6.58 Å². The Bertz CT molecular complexity index is 151. The van der Waals surface area contributed by atoms with Crippen LogP contribution >= 0.6 is 0 Å². The Hall–Kier alpha value is -0.870. The third-order valence-corrected chi connectivity index (χ3v) is 1.39. The van der Waals surface area contributed by atoms with Gasteiger partial charge in [-0.3, -0.25) is 9.69 Å². The summed E-state index contributed by atoms with van der Waals surface area (Å²) in [5.74, 6) is -0.179. The topological polar surface area (TPSA) is 38.8 Å². The van der Waals surface area contributed by atoms with E-state index in [0.717, 1.165) is 0 Å². The Morgan fingerprint density at radius 3 is 2.08 bits per heavy atom. The van der Waals surface area contributed by atoms with Crippen molar-refractivity contribution in [3.8, 4) is 0 Å². The van der Waals surface area contributed by atoms with Crippen molar-refractivity contribution in [1.82, 2.24) is 4.90 Å². The Kier molecular flexibility index (Phi) is 7.24. The highest BCUT2D eigenvalue weighted by Crippen LogP contribution is 1.92. The molecule has 0 atom stereocenters. The predicted octanol–water partition coefficient (Wildman–Crippen LogP) is 0.989. The van der Waals surface area contributed by atoms with Gasteiger partial charge in [-0.2, -0.15) is 0 Å². The van der Waals surface area contributed by atoms with Gasteiger partial charge in [0, 0.05) is 13.2 Å². The molecule has 0 rings (SSSR count). The number of carbonyl (C=O) groups excluding carboxylic acids is 1. The van der Waals surface area contributed by atoms with Crippen molar-refractivity contribution < 1.29 is 14.3 Å². The molecule has 1 amide bonds. The summed E-state index contributed by atoms with van der Waals surface area (Å²) in [4.78, 5) is 12.6. The second-order valence-electron chi connectivity index (χ2n) is 2.33. The maximum atomic E-state index is 11.2. The van der Waals surface area contributed by atoms with E-state index in [1.54, 1.807) is 0 Å². The minimum atomic E-state index is -0.179. The zero-order valence-corrected chi connectivity index (χ0v) is 8.28. The van der Waals surface area contributed by atoms with E-state index in [9.17, 15) is 4.79 Å². The minimum absolute atomic E-state index is 0.179. The second-order valence-corrected chi connectivity index (χ2v) is 2.33. The van der Waals surface area contributed by atoms with Gasteiger partial charge in [0.25, 0.3) is 0 Å². The molecule has 0 unspecified atom stereocenters. The highest BCUT2D eigenvalue weighted by atomic mass is 16.5. The van der Waals surface area contributed by atoms with Gasteiger partial charge in [0.2, 0.25) is 5.91 Å². The lowest BCUT2D eigenvalue weighted by Crippen LogP contribution is -2.33. The molecule has 0 bridgehead atoms. The normalized spacial score (nSPS) is 9.69. The number of hydrogen-bond acceptors (Lipinski definition) is 3. The van der Waals surface area contributed by atoms with Crippen LogP contribution in [0.5, 0.6) is 0 Å². The lowest BCUT2D eigenvalue weighted by molar-refractivity contribution is -0.139. The molecule has 13 heavy (non-hydrogen) atoms. The fourth-order valence-electron chi connectivity index (χ4n) is 0.697. The first-order chi connectivity index (χ1) is 6.26. The molecule has 0 fully saturated rings. The van der Waals surface area contributed by atoms with E-state index in [-0.39, 0.29) is 19.4 Å². The number of ether oxygens (including phenoxy) is 2. The Morgan fingerprint density at radius 1 is 1.31 bits per heavy atom. The summed E-state index contributed by atoms with van der Waals surface area (Å²) >= 11 is 0. The molecule has 0 radical (unpaired) electrons. The van der Waals surface area contributed by atoms with Crippen molar-refractivity contribution >= 4 is 5.91 Å². The highest BCUT2D eigenvalue weighted by molar-refractivity contribution is 5.86. The molecule has 4 heteroatoms. The molecule has 0 heterocycles. The fourth-order valence-corrected chi connectivity index (χ4v) is 0.697. The maximum Gasteiger partial charge on any atom is 0.249 e. The molecule has 0 aliphatic heterocycles. The Morgan fingerprint density at radius 2 is 1.77 bits per heavy atom. The summed E-state index contributed by atoms with van der Waals surface area (Å²) < 4.78 is 10.2. The molecule has 0 saturated heterocycles. The molecular formula is C9H17NO3. The summed E-state index contributed by atoms with van der Waals surface area (Å²) in [6, 6.07) is 0. The van der Waals surface area contributed by atoms with E-state index in [4.69, 9.17) is 9.47 Å². The summed E-state index contributed by atoms with van der Waals surface area (Å²) in [7, 11) is 0. The lowest BCUT2D eigenvalue weighted by Gasteiger charge is -2.19. The molecular weight excluding hydrogens is 170 g/mol. The zero-order chi connectivity index (χ0) is 10.1. The van der Waals surface area contributed by atoms with E-state index in [2.05, 4.69) is 6.58 Å². The van der Waals surface area contributed by atoms with Crippen LogP contribution in [0.15, 0.2) is 12.7 Å². The molecule has 0 N–H and O–H groups in total. The van der Waals surface area contributed by atoms with Gasteiger partial charge in [-0.25, -0.2) is 0 Å². The van der Waals surface area contributed by atoms with Crippen LogP contribution in [0.3, 0.4) is 0 Å². The lowest BCUT2D eigenvalue weighted by atomic mass is 10.5. The first kappa shape index (κ1) is 12.1. The van der Waals surface area contributed by atoms with Crippen molar-refractivity contribution in [3.63, 3.8) is 0 Å². The van der Waals surface area contributed by atoms with Crippen LogP contribution in [0.4, 0.5) is 0 Å². The van der Waals surface area contributed by atoms with Crippen LogP contribution in [-0.2, 0) is 14.3 Å². The maximum absolute atomic E-state index is 11.2. The summed E-state index contributed by atoms with van der Waals surface area (Å²) in [6.07, 6.45) is 1.25. The summed E-state index contributed by atoms with van der Waals surface area (Å²) in [6.45, 7) is 8.80. The second kappa shape index (κ2) is 7.76. The standard InChI is InChI=1S/C9H17NO3/c1-4-9(11)10(7-12-5-2)8-13-6-3/h4H,1,5-8H2,2-3H3. The molecule has 4 nitrogen and oxygen atoms in total. The monoisotopic (exact) mass is 187 g/mol. The van der Waals surface area contributed by atoms with Gasteiger partial charge < -0.3 is 9.47 Å². The van der Waals surface area contributed by atoms with Crippen molar-refractivity contribution in [2.45, 2.75) is 13.8 Å². The van der Waals surface area contributed by atoms with E-state index < -0.39 is 0 Å². The SMILES string of the molecule is C=CC(=O)N(COCC)COCC. The van der Waals surface area contributed by atoms with Crippen LogP contribution < -0.4 is 0 Å². The van der Waals surface area contributed by atoms with Crippen LogP contribution in [0.25, 0.3) is 0 Å². The van der Waals surface area contributed by atoms with Crippen molar-refractivity contribution in [1.29, 1.82) is 0 Å². The largest absolute Gasteiger partial charge is 0.361 e. The first-order valence-electron chi connectivity index (χ1n) is 4.33. The zero-order valence-electron chi connectivity index (χ0n) is 8.28. The Labute approximate surface area is 79.1 Å². The predicted molar refractivity (Wildman–Crippen MR) is 50.0 cm³/mol. The molecule has 0 aromatic carbocycles. The first-order valence-corrected chi connectivity index (χ1v) is 4.33. The van der Waals surface area contributed by atoms with Crippen LogP contribution in [0.2, 0.25) is 0 Å². The molecule has 0 aromatic heterocycles. The summed E-state index contributed by atoms with van der Waals surface area (Å²) in [5, 5.41) is 0. The smallest absolute Gasteiger partial charge is 0.249 e. The Balaban J connectivity index is 3.86. The number of hydrogen-bond donors (Lipinski definition) is 0. The van der Waals surface area contributed by atoms with Gasteiger partial charge in [-0.05, 0) is 19.9 Å². The van der Waals surface area contributed by atoms with Crippen LogP contribution in [0.1, 0.15) is 13.8 Å². The van der Waals surface area contributed by atoms with Gasteiger partial charge in [0.05, 0.1) is 0 Å². The van der Waals surface area contributed by atoms with Crippen molar-refractivity contribution in [2.24, 2.45) is 0 Å². The van der Waals surface area contributed by atoms with Gasteiger partial charge in [0.1, 0.15) is 13.5 Å².